The molecule has 0 unspecified atom stereocenters. The highest BCUT2D eigenvalue weighted by Gasteiger charge is 2.18. The molecule has 7 heteroatoms. The van der Waals surface area contributed by atoms with Crippen molar-refractivity contribution in [1.82, 2.24) is 18.7 Å². The first-order valence-corrected chi connectivity index (χ1v) is 7.43. The van der Waals surface area contributed by atoms with Gasteiger partial charge in [0, 0.05) is 33.6 Å². The Morgan fingerprint density at radius 1 is 1.09 bits per heavy atom. The van der Waals surface area contributed by atoms with E-state index < -0.39 is 0 Å². The first-order valence-electron chi connectivity index (χ1n) is 7.43. The standard InChI is InChI=1S/C16H19N5O2/c1-19-14-13(15(22)20(2)16(19)23)21(9-8-17)12(18-14)10-11-6-4-3-5-7-11/h3-7H,8-10,17H2,1-2H3. The molecule has 0 radical (unpaired) electrons. The third-order valence-corrected chi connectivity index (χ3v) is 3.98. The van der Waals surface area contributed by atoms with Crippen LogP contribution in [0.15, 0.2) is 39.9 Å². The minimum Gasteiger partial charge on any atom is -0.329 e. The first-order chi connectivity index (χ1) is 11.0. The van der Waals surface area contributed by atoms with E-state index in [9.17, 15) is 9.59 Å². The van der Waals surface area contributed by atoms with E-state index in [1.165, 1.54) is 11.6 Å². The molecule has 3 aromatic rings. The van der Waals surface area contributed by atoms with Crippen molar-refractivity contribution in [3.05, 3.63) is 62.6 Å². The summed E-state index contributed by atoms with van der Waals surface area (Å²) in [5, 5.41) is 0. The van der Waals surface area contributed by atoms with Crippen LogP contribution in [0.3, 0.4) is 0 Å². The van der Waals surface area contributed by atoms with Crippen molar-refractivity contribution in [3.8, 4) is 0 Å². The van der Waals surface area contributed by atoms with Gasteiger partial charge in [-0.25, -0.2) is 9.78 Å². The maximum Gasteiger partial charge on any atom is 0.332 e. The summed E-state index contributed by atoms with van der Waals surface area (Å²) >= 11 is 0. The summed E-state index contributed by atoms with van der Waals surface area (Å²) in [7, 11) is 3.09. The zero-order chi connectivity index (χ0) is 16.6. The summed E-state index contributed by atoms with van der Waals surface area (Å²) in [6.45, 7) is 0.866. The molecule has 0 aliphatic heterocycles. The zero-order valence-electron chi connectivity index (χ0n) is 13.2. The van der Waals surface area contributed by atoms with Gasteiger partial charge in [0.25, 0.3) is 5.56 Å². The summed E-state index contributed by atoms with van der Waals surface area (Å²) in [4.78, 5) is 29.1. The molecular formula is C16H19N5O2. The average molecular weight is 313 g/mol. The number of rotatable bonds is 4. The molecule has 0 atom stereocenters. The van der Waals surface area contributed by atoms with Crippen molar-refractivity contribution in [2.24, 2.45) is 19.8 Å². The summed E-state index contributed by atoms with van der Waals surface area (Å²) in [5.41, 5.74) is 6.88. The maximum atomic E-state index is 12.5. The van der Waals surface area contributed by atoms with Crippen LogP contribution in [0.2, 0.25) is 0 Å². The number of aryl methyl sites for hydroxylation is 1. The minimum atomic E-state index is -0.383. The van der Waals surface area contributed by atoms with E-state index in [0.29, 0.717) is 30.7 Å². The topological polar surface area (TPSA) is 87.8 Å². The van der Waals surface area contributed by atoms with E-state index in [-0.39, 0.29) is 11.2 Å². The number of nitrogens with two attached hydrogens (primary N) is 1. The lowest BCUT2D eigenvalue weighted by molar-refractivity contribution is 0.674. The van der Waals surface area contributed by atoms with Crippen molar-refractivity contribution in [2.45, 2.75) is 13.0 Å². The van der Waals surface area contributed by atoms with Crippen LogP contribution in [0, 0.1) is 0 Å². The highest BCUT2D eigenvalue weighted by Crippen LogP contribution is 2.14. The Bertz CT molecular complexity index is 966. The van der Waals surface area contributed by atoms with E-state index >= 15 is 0 Å². The summed E-state index contributed by atoms with van der Waals surface area (Å²) in [5.74, 6) is 0.731. The van der Waals surface area contributed by atoms with Gasteiger partial charge in [0.05, 0.1) is 0 Å². The molecule has 23 heavy (non-hydrogen) atoms. The number of fused-ring (bicyclic) bond motifs is 1. The van der Waals surface area contributed by atoms with Crippen molar-refractivity contribution < 1.29 is 0 Å². The number of imidazole rings is 1. The second-order valence-corrected chi connectivity index (χ2v) is 5.51. The van der Waals surface area contributed by atoms with Crippen LogP contribution < -0.4 is 17.0 Å². The molecule has 7 nitrogen and oxygen atoms in total. The van der Waals surface area contributed by atoms with Crippen LogP contribution in [0.4, 0.5) is 0 Å². The van der Waals surface area contributed by atoms with E-state index in [4.69, 9.17) is 5.73 Å². The fraction of sp³-hybridized carbons (Fsp3) is 0.312. The van der Waals surface area contributed by atoms with Gasteiger partial charge in [-0.1, -0.05) is 30.3 Å². The van der Waals surface area contributed by atoms with E-state index in [1.54, 1.807) is 7.05 Å². The summed E-state index contributed by atoms with van der Waals surface area (Å²) in [6.07, 6.45) is 0.576. The van der Waals surface area contributed by atoms with Crippen molar-refractivity contribution in [2.75, 3.05) is 6.54 Å². The Hall–Kier alpha value is -2.67. The molecule has 1 aromatic carbocycles. The fourth-order valence-electron chi connectivity index (χ4n) is 2.77. The highest BCUT2D eigenvalue weighted by molar-refractivity contribution is 5.71. The smallest absolute Gasteiger partial charge is 0.329 e. The Balaban J connectivity index is 2.28. The van der Waals surface area contributed by atoms with Gasteiger partial charge < -0.3 is 10.3 Å². The average Bonchev–Trinajstić information content (AvgIpc) is 2.91. The Labute approximate surface area is 132 Å². The van der Waals surface area contributed by atoms with Crippen LogP contribution in [-0.2, 0) is 27.1 Å². The van der Waals surface area contributed by atoms with Gasteiger partial charge in [0.2, 0.25) is 0 Å². The molecule has 2 aromatic heterocycles. The minimum absolute atomic E-state index is 0.344. The van der Waals surface area contributed by atoms with Crippen LogP contribution in [0.5, 0.6) is 0 Å². The van der Waals surface area contributed by atoms with E-state index in [1.807, 2.05) is 34.9 Å². The molecule has 0 bridgehead atoms. The van der Waals surface area contributed by atoms with Crippen LogP contribution >= 0.6 is 0 Å². The molecule has 2 N–H and O–H groups in total. The van der Waals surface area contributed by atoms with Gasteiger partial charge in [-0.05, 0) is 5.56 Å². The number of benzene rings is 1. The molecular weight excluding hydrogens is 294 g/mol. The van der Waals surface area contributed by atoms with Gasteiger partial charge in [-0.15, -0.1) is 0 Å². The Morgan fingerprint density at radius 2 is 1.78 bits per heavy atom. The summed E-state index contributed by atoms with van der Waals surface area (Å²) in [6, 6.07) is 9.87. The Kier molecular flexibility index (Phi) is 3.87. The van der Waals surface area contributed by atoms with Crippen molar-refractivity contribution in [3.63, 3.8) is 0 Å². The molecule has 3 rings (SSSR count). The highest BCUT2D eigenvalue weighted by atomic mass is 16.2. The predicted octanol–water partition coefficient (Wildman–Crippen LogP) is -0.0168. The van der Waals surface area contributed by atoms with Crippen molar-refractivity contribution in [1.29, 1.82) is 0 Å². The van der Waals surface area contributed by atoms with Gasteiger partial charge in [-0.2, -0.15) is 0 Å². The van der Waals surface area contributed by atoms with Gasteiger partial charge in [0.1, 0.15) is 5.82 Å². The monoisotopic (exact) mass is 313 g/mol. The number of hydrogen-bond acceptors (Lipinski definition) is 4. The van der Waals surface area contributed by atoms with Gasteiger partial charge in [0.15, 0.2) is 11.2 Å². The lowest BCUT2D eigenvalue weighted by Crippen LogP contribution is -2.37. The lowest BCUT2D eigenvalue weighted by atomic mass is 10.1. The first kappa shape index (κ1) is 15.2. The largest absolute Gasteiger partial charge is 0.332 e. The third-order valence-electron chi connectivity index (χ3n) is 3.98. The van der Waals surface area contributed by atoms with E-state index in [2.05, 4.69) is 4.98 Å². The molecule has 0 saturated carbocycles. The molecule has 0 aliphatic rings. The summed E-state index contributed by atoms with van der Waals surface area (Å²) < 4.78 is 4.33. The third kappa shape index (κ3) is 2.49. The van der Waals surface area contributed by atoms with Gasteiger partial charge in [-0.3, -0.25) is 13.9 Å². The van der Waals surface area contributed by atoms with E-state index in [0.717, 1.165) is 16.0 Å². The molecule has 2 heterocycles. The number of aromatic nitrogens is 4. The molecule has 0 aliphatic carbocycles. The molecule has 0 fully saturated rings. The van der Waals surface area contributed by atoms with Crippen LogP contribution in [-0.4, -0.2) is 25.2 Å². The molecule has 0 saturated heterocycles. The molecule has 0 spiro atoms. The number of hydrogen-bond donors (Lipinski definition) is 1. The second-order valence-electron chi connectivity index (χ2n) is 5.51. The second kappa shape index (κ2) is 5.85. The van der Waals surface area contributed by atoms with Crippen molar-refractivity contribution >= 4 is 11.2 Å². The SMILES string of the molecule is Cn1c(=O)c2c(nc(Cc3ccccc3)n2CCN)n(C)c1=O. The lowest BCUT2D eigenvalue weighted by Gasteiger charge is -2.08. The fourth-order valence-corrected chi connectivity index (χ4v) is 2.77. The maximum absolute atomic E-state index is 12.5. The predicted molar refractivity (Wildman–Crippen MR) is 88.5 cm³/mol. The number of nitrogens with zero attached hydrogens (tertiary/aromatic N) is 4. The van der Waals surface area contributed by atoms with Crippen LogP contribution in [0.1, 0.15) is 11.4 Å². The quantitative estimate of drug-likeness (QED) is 0.733. The van der Waals surface area contributed by atoms with Gasteiger partial charge >= 0.3 is 5.69 Å². The normalized spacial score (nSPS) is 11.3. The molecule has 120 valence electrons. The Morgan fingerprint density at radius 3 is 2.43 bits per heavy atom. The zero-order valence-corrected chi connectivity index (χ0v) is 13.2. The molecule has 0 amide bonds. The van der Waals surface area contributed by atoms with Crippen LogP contribution in [0.25, 0.3) is 11.2 Å².